The number of nitrogens with zero attached hydrogens (tertiary/aromatic N) is 3. The van der Waals surface area contributed by atoms with Crippen molar-refractivity contribution in [3.05, 3.63) is 119 Å². The molecule has 2 amide bonds. The van der Waals surface area contributed by atoms with E-state index in [4.69, 9.17) is 0 Å². The second-order valence-corrected chi connectivity index (χ2v) is 11.2. The van der Waals surface area contributed by atoms with E-state index in [9.17, 15) is 9.59 Å². The van der Waals surface area contributed by atoms with Gasteiger partial charge in [0, 0.05) is 24.4 Å². The molecule has 10 heteroatoms. The Bertz CT molecular complexity index is 1610. The minimum Gasteiger partial charge on any atom is -0.383 e. The van der Waals surface area contributed by atoms with Gasteiger partial charge in [0.15, 0.2) is 0 Å². The Morgan fingerprint density at radius 3 is 2.20 bits per heavy atom. The van der Waals surface area contributed by atoms with Crippen LogP contribution in [0, 0.1) is 0 Å². The van der Waals surface area contributed by atoms with Gasteiger partial charge in [0.05, 0.1) is 26.5 Å². The van der Waals surface area contributed by atoms with Crippen LogP contribution in [0.15, 0.2) is 101 Å². The normalized spacial score (nSPS) is 10.7. The lowest BCUT2D eigenvalue weighted by atomic mass is 10.1. The molecule has 0 atom stereocenters. The molecule has 0 saturated carbocycles. The standard InChI is InChI=1S/C31H28N6O2S2/c1-2-32-26-25(29(39)33-18-21-12-6-3-7-13-21)27(41-30(26)40-20-22-14-8-4-9-15-22)24-19-34-37-31(35-24)36-28(38)23-16-10-5-11-17-23/h3-17,19,32H,2,18,20H2,1H3,(H,33,39)(H,35,36,37,38). The first-order valence-corrected chi connectivity index (χ1v) is 14.9. The zero-order valence-corrected chi connectivity index (χ0v) is 24.0. The zero-order chi connectivity index (χ0) is 28.4. The Balaban J connectivity index is 1.49. The maximum Gasteiger partial charge on any atom is 0.258 e. The fraction of sp³-hybridized carbons (Fsp3) is 0.129. The number of hydrogen-bond acceptors (Lipinski definition) is 8. The van der Waals surface area contributed by atoms with Crippen LogP contribution in [0.3, 0.4) is 0 Å². The van der Waals surface area contributed by atoms with Crippen molar-refractivity contribution in [1.82, 2.24) is 20.5 Å². The summed E-state index contributed by atoms with van der Waals surface area (Å²) >= 11 is 3.13. The zero-order valence-electron chi connectivity index (χ0n) is 22.3. The molecule has 2 heterocycles. The van der Waals surface area contributed by atoms with Crippen molar-refractivity contribution in [3.8, 4) is 10.6 Å². The summed E-state index contributed by atoms with van der Waals surface area (Å²) in [6, 6.07) is 28.8. The van der Waals surface area contributed by atoms with Crippen LogP contribution >= 0.6 is 23.1 Å². The van der Waals surface area contributed by atoms with Gasteiger partial charge in [-0.1, -0.05) is 78.9 Å². The molecule has 41 heavy (non-hydrogen) atoms. The summed E-state index contributed by atoms with van der Waals surface area (Å²) in [5.74, 6) is 0.231. The van der Waals surface area contributed by atoms with E-state index < -0.39 is 0 Å². The summed E-state index contributed by atoms with van der Waals surface area (Å²) in [6.45, 7) is 3.01. The summed E-state index contributed by atoms with van der Waals surface area (Å²) < 4.78 is 0.962. The highest BCUT2D eigenvalue weighted by Crippen LogP contribution is 2.45. The third kappa shape index (κ3) is 7.16. The summed E-state index contributed by atoms with van der Waals surface area (Å²) in [6.07, 6.45) is 1.51. The maximum atomic E-state index is 13.8. The van der Waals surface area contributed by atoms with Gasteiger partial charge in [0.25, 0.3) is 11.8 Å². The number of thiophene rings is 1. The number of thioether (sulfide) groups is 1. The highest BCUT2D eigenvalue weighted by Gasteiger charge is 2.26. The monoisotopic (exact) mass is 580 g/mol. The lowest BCUT2D eigenvalue weighted by Crippen LogP contribution is -2.24. The van der Waals surface area contributed by atoms with Crippen LogP contribution in [0.1, 0.15) is 38.8 Å². The SMILES string of the molecule is CCNc1c(SCc2ccccc2)sc(-c2cnnc(NC(=O)c3ccccc3)n2)c1C(=O)NCc1ccccc1. The molecule has 0 aliphatic rings. The van der Waals surface area contributed by atoms with Crippen LogP contribution in [0.2, 0.25) is 0 Å². The van der Waals surface area contributed by atoms with Gasteiger partial charge in [0.2, 0.25) is 5.95 Å². The van der Waals surface area contributed by atoms with Gasteiger partial charge in [-0.3, -0.25) is 14.9 Å². The van der Waals surface area contributed by atoms with Gasteiger partial charge in [-0.2, -0.15) is 5.10 Å². The third-order valence-corrected chi connectivity index (χ3v) is 8.57. The Hall–Kier alpha value is -4.54. The molecule has 0 unspecified atom stereocenters. The largest absolute Gasteiger partial charge is 0.383 e. The Morgan fingerprint density at radius 1 is 0.854 bits per heavy atom. The molecule has 206 valence electrons. The molecule has 3 N–H and O–H groups in total. The van der Waals surface area contributed by atoms with Crippen molar-refractivity contribution in [2.24, 2.45) is 0 Å². The molecule has 0 aliphatic heterocycles. The van der Waals surface area contributed by atoms with Crippen molar-refractivity contribution >= 4 is 46.5 Å². The third-order valence-electron chi connectivity index (χ3n) is 6.02. The van der Waals surface area contributed by atoms with Crippen molar-refractivity contribution < 1.29 is 9.59 Å². The molecule has 8 nitrogen and oxygen atoms in total. The molecule has 2 aromatic heterocycles. The summed E-state index contributed by atoms with van der Waals surface area (Å²) in [5, 5.41) is 17.3. The first kappa shape index (κ1) is 28.0. The summed E-state index contributed by atoms with van der Waals surface area (Å²) in [4.78, 5) is 31.7. The fourth-order valence-corrected chi connectivity index (χ4v) is 6.50. The van der Waals surface area contributed by atoms with Gasteiger partial charge in [0.1, 0.15) is 5.69 Å². The molecule has 0 aliphatic carbocycles. The Labute approximate surface area is 246 Å². The second-order valence-electron chi connectivity index (χ2n) is 8.93. The smallest absolute Gasteiger partial charge is 0.258 e. The minimum atomic E-state index is -0.344. The van der Waals surface area contributed by atoms with Crippen LogP contribution in [0.4, 0.5) is 11.6 Å². The van der Waals surface area contributed by atoms with E-state index in [2.05, 4.69) is 43.3 Å². The molecule has 0 bridgehead atoms. The molecule has 5 aromatic rings. The van der Waals surface area contributed by atoms with E-state index >= 15 is 0 Å². The number of aromatic nitrogens is 3. The quantitative estimate of drug-likeness (QED) is 0.153. The second kappa shape index (κ2) is 13.7. The first-order chi connectivity index (χ1) is 20.1. The van der Waals surface area contributed by atoms with E-state index in [0.717, 1.165) is 21.2 Å². The molecule has 0 spiro atoms. The fourth-order valence-electron chi connectivity index (χ4n) is 4.07. The number of amides is 2. The molecule has 0 radical (unpaired) electrons. The van der Waals surface area contributed by atoms with Crippen LogP contribution in [0.5, 0.6) is 0 Å². The van der Waals surface area contributed by atoms with E-state index in [1.807, 2.05) is 61.5 Å². The molecule has 0 fully saturated rings. The lowest BCUT2D eigenvalue weighted by Gasteiger charge is -2.11. The van der Waals surface area contributed by atoms with Crippen LogP contribution in [-0.2, 0) is 12.3 Å². The van der Waals surface area contributed by atoms with E-state index in [-0.39, 0.29) is 17.8 Å². The van der Waals surface area contributed by atoms with Gasteiger partial charge in [-0.05, 0) is 30.2 Å². The summed E-state index contributed by atoms with van der Waals surface area (Å²) in [7, 11) is 0. The number of nitrogens with one attached hydrogen (secondary N) is 3. The van der Waals surface area contributed by atoms with Crippen molar-refractivity contribution in [2.75, 3.05) is 17.2 Å². The lowest BCUT2D eigenvalue weighted by molar-refractivity contribution is 0.0951. The Morgan fingerprint density at radius 2 is 1.51 bits per heavy atom. The molecular weight excluding hydrogens is 553 g/mol. The summed E-state index contributed by atoms with van der Waals surface area (Å²) in [5.41, 5.74) is 4.35. The van der Waals surface area contributed by atoms with E-state index in [0.29, 0.717) is 34.8 Å². The Kier molecular flexibility index (Phi) is 9.35. The van der Waals surface area contributed by atoms with E-state index in [1.54, 1.807) is 36.0 Å². The van der Waals surface area contributed by atoms with Gasteiger partial charge >= 0.3 is 0 Å². The average Bonchev–Trinajstić information content (AvgIpc) is 3.39. The van der Waals surface area contributed by atoms with Crippen LogP contribution in [0.25, 0.3) is 10.6 Å². The number of rotatable bonds is 11. The van der Waals surface area contributed by atoms with Crippen LogP contribution in [-0.4, -0.2) is 33.5 Å². The predicted molar refractivity (Wildman–Crippen MR) is 165 cm³/mol. The number of anilines is 2. The number of carbonyl (C=O) groups excluding carboxylic acids is 2. The molecule has 5 rings (SSSR count). The van der Waals surface area contributed by atoms with Crippen LogP contribution < -0.4 is 16.0 Å². The predicted octanol–water partition coefficient (Wildman–Crippen LogP) is 6.51. The number of benzene rings is 3. The van der Waals surface area contributed by atoms with Gasteiger partial charge in [-0.15, -0.1) is 28.2 Å². The van der Waals surface area contributed by atoms with E-state index in [1.165, 1.54) is 23.1 Å². The van der Waals surface area contributed by atoms with Gasteiger partial charge in [-0.25, -0.2) is 4.98 Å². The molecule has 0 saturated heterocycles. The van der Waals surface area contributed by atoms with Gasteiger partial charge < -0.3 is 10.6 Å². The molecular formula is C31H28N6O2S2. The minimum absolute atomic E-state index is 0.0592. The van der Waals surface area contributed by atoms with Crippen molar-refractivity contribution in [3.63, 3.8) is 0 Å². The highest BCUT2D eigenvalue weighted by molar-refractivity contribution is 8.00. The van der Waals surface area contributed by atoms with Crippen molar-refractivity contribution in [2.45, 2.75) is 23.4 Å². The first-order valence-electron chi connectivity index (χ1n) is 13.1. The molecule has 3 aromatic carbocycles. The topological polar surface area (TPSA) is 109 Å². The maximum absolute atomic E-state index is 13.8. The average molecular weight is 581 g/mol. The highest BCUT2D eigenvalue weighted by atomic mass is 32.2. The number of hydrogen-bond donors (Lipinski definition) is 3. The number of carbonyl (C=O) groups is 2. The van der Waals surface area contributed by atoms with Crippen molar-refractivity contribution in [1.29, 1.82) is 0 Å².